The number of aliphatic hydroxyl groups excluding tert-OH is 1. The molecule has 0 amide bonds. The summed E-state index contributed by atoms with van der Waals surface area (Å²) in [7, 11) is 0. The Morgan fingerprint density at radius 1 is 0.909 bits per heavy atom. The van der Waals surface area contributed by atoms with Crippen LogP contribution in [0.25, 0.3) is 22.2 Å². The van der Waals surface area contributed by atoms with Gasteiger partial charge in [-0.05, 0) is 105 Å². The molecule has 1 radical (unpaired) electrons. The first-order valence-electron chi connectivity index (χ1n) is 17.0. The van der Waals surface area contributed by atoms with Gasteiger partial charge in [-0.2, -0.15) is 0 Å². The Kier molecular flexibility index (Phi) is 11.7. The molecule has 1 N–H and O–H groups in total. The van der Waals surface area contributed by atoms with Gasteiger partial charge in [0.05, 0.1) is 11.3 Å². The number of rotatable bonds is 9. The molecule has 7 rings (SSSR count). The molecule has 2 aromatic carbocycles. The molecule has 239 valence electrons. The number of ketones is 1. The molecule has 3 aromatic rings. The van der Waals surface area contributed by atoms with E-state index in [1.54, 1.807) is 5.56 Å². The van der Waals surface area contributed by atoms with E-state index in [1.165, 1.54) is 61.1 Å². The first-order chi connectivity index (χ1) is 20.7. The van der Waals surface area contributed by atoms with Gasteiger partial charge in [0.2, 0.25) is 0 Å². The SMILES string of the molecule is CCC(CC)C(=O)/C=C(\O)C(CC)CC.Cc1[c-]c(-c2ccc3c(C45CC6CC(CC(C6)C4)C5)cccc3n2)cc(C)c1.[Ir]. The number of allylic oxidation sites excluding steroid dienone is 2. The summed E-state index contributed by atoms with van der Waals surface area (Å²) in [6.45, 7) is 12.3. The van der Waals surface area contributed by atoms with Crippen LogP contribution in [0, 0.1) is 49.5 Å². The first-order valence-corrected chi connectivity index (χ1v) is 17.0. The van der Waals surface area contributed by atoms with E-state index in [2.05, 4.69) is 62.4 Å². The molecule has 0 saturated heterocycles. The van der Waals surface area contributed by atoms with E-state index in [0.29, 0.717) is 5.41 Å². The molecule has 4 bridgehead atoms. The normalized spacial score (nSPS) is 23.9. The molecule has 0 aliphatic heterocycles. The zero-order valence-electron chi connectivity index (χ0n) is 27.7. The maximum Gasteiger partial charge on any atom is 0.162 e. The van der Waals surface area contributed by atoms with Gasteiger partial charge >= 0.3 is 0 Å². The van der Waals surface area contributed by atoms with Crippen molar-refractivity contribution in [3.63, 3.8) is 0 Å². The number of fused-ring (bicyclic) bond motifs is 1. The molecule has 0 atom stereocenters. The average Bonchev–Trinajstić information content (AvgIpc) is 2.97. The van der Waals surface area contributed by atoms with Gasteiger partial charge < -0.3 is 5.11 Å². The topological polar surface area (TPSA) is 50.2 Å². The van der Waals surface area contributed by atoms with E-state index in [9.17, 15) is 9.90 Å². The quantitative estimate of drug-likeness (QED) is 0.134. The first kappa shape index (κ1) is 34.6. The number of aromatic nitrogens is 1. The second-order valence-electron chi connectivity index (χ2n) is 14.0. The summed E-state index contributed by atoms with van der Waals surface area (Å²) in [4.78, 5) is 16.8. The summed E-state index contributed by atoms with van der Waals surface area (Å²) in [5, 5.41) is 11.1. The van der Waals surface area contributed by atoms with Crippen LogP contribution in [-0.4, -0.2) is 15.9 Å². The maximum atomic E-state index is 11.7. The number of aryl methyl sites for hydroxylation is 2. The van der Waals surface area contributed by atoms with Crippen LogP contribution in [0.3, 0.4) is 0 Å². The molecule has 4 heteroatoms. The summed E-state index contributed by atoms with van der Waals surface area (Å²) >= 11 is 0. The number of carbonyl (C=O) groups is 1. The van der Waals surface area contributed by atoms with Gasteiger partial charge in [-0.3, -0.25) is 9.78 Å². The Morgan fingerprint density at radius 2 is 1.50 bits per heavy atom. The predicted molar refractivity (Wildman–Crippen MR) is 179 cm³/mol. The van der Waals surface area contributed by atoms with Crippen molar-refractivity contribution in [2.45, 2.75) is 111 Å². The fraction of sp³-hybridized carbons (Fsp3) is 0.550. The van der Waals surface area contributed by atoms with Crippen molar-refractivity contribution < 1.29 is 30.0 Å². The number of nitrogens with zero attached hydrogens (tertiary/aromatic N) is 1. The van der Waals surface area contributed by atoms with Gasteiger partial charge in [-0.25, -0.2) is 0 Å². The summed E-state index contributed by atoms with van der Waals surface area (Å²) in [6.07, 6.45) is 13.6. The second-order valence-corrected chi connectivity index (χ2v) is 14.0. The van der Waals surface area contributed by atoms with E-state index in [0.717, 1.165) is 60.2 Å². The zero-order valence-corrected chi connectivity index (χ0v) is 30.1. The Morgan fingerprint density at radius 3 is 2.05 bits per heavy atom. The Balaban J connectivity index is 0.000000239. The van der Waals surface area contributed by atoms with Crippen molar-refractivity contribution >= 4 is 16.7 Å². The Bertz CT molecular complexity index is 1410. The molecular formula is C40H52IrNO2-. The monoisotopic (exact) mass is 771 g/mol. The van der Waals surface area contributed by atoms with E-state index >= 15 is 0 Å². The van der Waals surface area contributed by atoms with Crippen molar-refractivity contribution in [2.75, 3.05) is 0 Å². The van der Waals surface area contributed by atoms with Crippen LogP contribution in [0.4, 0.5) is 0 Å². The zero-order chi connectivity index (χ0) is 30.7. The van der Waals surface area contributed by atoms with Crippen molar-refractivity contribution in [1.82, 2.24) is 4.98 Å². The van der Waals surface area contributed by atoms with Gasteiger partial charge in [0.1, 0.15) is 0 Å². The third-order valence-corrected chi connectivity index (χ3v) is 10.8. The molecule has 4 aliphatic carbocycles. The molecular weight excluding hydrogens is 719 g/mol. The third-order valence-electron chi connectivity index (χ3n) is 10.8. The van der Waals surface area contributed by atoms with Crippen LogP contribution in [0.5, 0.6) is 0 Å². The van der Waals surface area contributed by atoms with Crippen LogP contribution < -0.4 is 0 Å². The molecule has 44 heavy (non-hydrogen) atoms. The van der Waals surface area contributed by atoms with Crippen LogP contribution in [-0.2, 0) is 30.3 Å². The summed E-state index contributed by atoms with van der Waals surface area (Å²) < 4.78 is 0. The number of benzene rings is 2. The van der Waals surface area contributed by atoms with E-state index in [-0.39, 0.29) is 43.5 Å². The van der Waals surface area contributed by atoms with Crippen LogP contribution >= 0.6 is 0 Å². The molecule has 4 fully saturated rings. The van der Waals surface area contributed by atoms with Gasteiger partial charge in [0, 0.05) is 43.4 Å². The van der Waals surface area contributed by atoms with Crippen LogP contribution in [0.15, 0.2) is 54.3 Å². The van der Waals surface area contributed by atoms with Gasteiger partial charge in [-0.15, -0.1) is 34.9 Å². The van der Waals surface area contributed by atoms with Gasteiger partial charge in [0.15, 0.2) is 5.78 Å². The Labute approximate surface area is 279 Å². The average molecular weight is 771 g/mol. The largest absolute Gasteiger partial charge is 0.512 e. The number of hydrogen-bond acceptors (Lipinski definition) is 3. The maximum absolute atomic E-state index is 11.7. The minimum absolute atomic E-state index is 0. The van der Waals surface area contributed by atoms with E-state index < -0.39 is 0 Å². The van der Waals surface area contributed by atoms with Crippen molar-refractivity contribution in [1.29, 1.82) is 0 Å². The molecule has 0 spiro atoms. The second kappa shape index (κ2) is 14.9. The van der Waals surface area contributed by atoms with Crippen LogP contribution in [0.2, 0.25) is 0 Å². The standard InChI is InChI=1S/C27H28N.C13H24O2.Ir/c1-17-8-18(2)10-22(9-17)25-7-6-23-24(4-3-5-26(23)28-25)27-14-19-11-20(15-27)13-21(12-19)16-27;1-5-10(6-2)12(14)9-13(15)11(7-3)8-4;/h3-9,19-21H,11-16H2,1-2H3;9-11,14H,5-8H2,1-4H3;/q-1;;/b;12-9-;. The fourth-order valence-corrected chi connectivity index (χ4v) is 9.02. The van der Waals surface area contributed by atoms with E-state index in [1.807, 2.05) is 27.7 Å². The number of pyridine rings is 1. The van der Waals surface area contributed by atoms with Crippen LogP contribution in [0.1, 0.15) is 109 Å². The van der Waals surface area contributed by atoms with Gasteiger partial charge in [-0.1, -0.05) is 65.8 Å². The summed E-state index contributed by atoms with van der Waals surface area (Å²) in [5.41, 5.74) is 7.77. The smallest absolute Gasteiger partial charge is 0.162 e. The number of carbonyl (C=O) groups excluding carboxylic acids is 1. The summed E-state index contributed by atoms with van der Waals surface area (Å²) in [6, 6.07) is 19.3. The number of hydrogen-bond donors (Lipinski definition) is 1. The minimum Gasteiger partial charge on any atom is -0.512 e. The molecule has 1 heterocycles. The molecule has 0 unspecified atom stereocenters. The summed E-state index contributed by atoms with van der Waals surface area (Å²) in [5.74, 6) is 3.46. The van der Waals surface area contributed by atoms with Crippen molar-refractivity contribution in [3.05, 3.63) is 77.1 Å². The molecule has 3 nitrogen and oxygen atoms in total. The van der Waals surface area contributed by atoms with Crippen molar-refractivity contribution in [2.24, 2.45) is 29.6 Å². The van der Waals surface area contributed by atoms with Crippen molar-refractivity contribution in [3.8, 4) is 11.3 Å². The Hall–Kier alpha value is -2.29. The predicted octanol–water partition coefficient (Wildman–Crippen LogP) is 10.7. The van der Waals surface area contributed by atoms with E-state index in [4.69, 9.17) is 4.98 Å². The number of aliphatic hydroxyl groups is 1. The molecule has 4 aliphatic rings. The third kappa shape index (κ3) is 7.39. The molecule has 1 aromatic heterocycles. The van der Waals surface area contributed by atoms with Gasteiger partial charge in [0.25, 0.3) is 0 Å². The fourth-order valence-electron chi connectivity index (χ4n) is 9.02. The molecule has 4 saturated carbocycles. The minimum atomic E-state index is 0.